The number of benzene rings is 3. The molecule has 4 aromatic rings. The molecule has 6 nitrogen and oxygen atoms in total. The average molecular weight is 510 g/mol. The molecule has 1 saturated carbocycles. The molecule has 1 atom stereocenters. The van der Waals surface area contributed by atoms with Gasteiger partial charge in [0.15, 0.2) is 6.10 Å². The molecule has 1 fully saturated rings. The number of nitrogens with zero attached hydrogens (tertiary/aromatic N) is 2. The van der Waals surface area contributed by atoms with Crippen LogP contribution in [-0.2, 0) is 23.2 Å². The lowest BCUT2D eigenvalue weighted by atomic mass is 9.94. The lowest BCUT2D eigenvalue weighted by molar-refractivity contribution is -0.141. The van der Waals surface area contributed by atoms with Crippen LogP contribution in [0.25, 0.3) is 11.1 Å². The summed E-state index contributed by atoms with van der Waals surface area (Å²) < 4.78 is 13.9. The molecule has 1 amide bonds. The number of hydrogen-bond donors (Lipinski definition) is 2. The first-order chi connectivity index (χ1) is 18.3. The Morgan fingerprint density at radius 3 is 2.58 bits per heavy atom. The number of nitrogens with one attached hydrogen (secondary N) is 1. The minimum absolute atomic E-state index is 0.0922. The fraction of sp³-hybridized carbons (Fsp3) is 0.258. The third-order valence-electron chi connectivity index (χ3n) is 7.72. The molecular weight excluding hydrogens is 481 g/mol. The number of aromatic nitrogens is 2. The lowest BCUT2D eigenvalue weighted by Gasteiger charge is -2.30. The molecule has 6 rings (SSSR count). The van der Waals surface area contributed by atoms with Crippen LogP contribution in [0.2, 0.25) is 0 Å². The Labute approximate surface area is 219 Å². The Hall–Kier alpha value is -4.10. The van der Waals surface area contributed by atoms with Crippen molar-refractivity contribution in [2.45, 2.75) is 44.2 Å². The summed E-state index contributed by atoms with van der Waals surface area (Å²) in [5, 5.41) is 11.0. The fourth-order valence-electron chi connectivity index (χ4n) is 5.49. The van der Waals surface area contributed by atoms with E-state index in [1.54, 1.807) is 18.2 Å². The van der Waals surface area contributed by atoms with E-state index in [9.17, 15) is 19.1 Å². The van der Waals surface area contributed by atoms with Crippen LogP contribution in [0.1, 0.15) is 52.7 Å². The van der Waals surface area contributed by atoms with Gasteiger partial charge in [-0.1, -0.05) is 54.6 Å². The highest BCUT2D eigenvalue weighted by Crippen LogP contribution is 2.52. The van der Waals surface area contributed by atoms with E-state index in [2.05, 4.69) is 17.1 Å². The normalized spacial score (nSPS) is 16.6. The SMILES string of the molecule is Cc1cc(F)cc(-c2cccc(C(O)C(=O)N3CCc4nc(C5(c6ccccc6)CC5)[nH]c(=O)c4C3)c2)c1. The van der Waals surface area contributed by atoms with Crippen LogP contribution >= 0.6 is 0 Å². The summed E-state index contributed by atoms with van der Waals surface area (Å²) in [6.45, 7) is 2.27. The van der Waals surface area contributed by atoms with Crippen molar-refractivity contribution in [3.8, 4) is 11.1 Å². The van der Waals surface area contributed by atoms with Crippen molar-refractivity contribution in [1.82, 2.24) is 14.9 Å². The topological polar surface area (TPSA) is 86.3 Å². The van der Waals surface area contributed by atoms with Gasteiger partial charge in [-0.3, -0.25) is 9.59 Å². The van der Waals surface area contributed by atoms with Gasteiger partial charge in [-0.15, -0.1) is 0 Å². The standard InChI is InChI=1S/C31H28FN3O3/c1-19-14-22(17-24(32)15-19)20-6-5-7-21(16-20)27(36)29(38)35-13-10-26-25(18-35)28(37)34-30(33-26)31(11-12-31)23-8-3-2-4-9-23/h2-9,14-17,27,36H,10-13,18H2,1H3,(H,33,34,37). The Kier molecular flexibility index (Phi) is 5.95. The third kappa shape index (κ3) is 4.33. The maximum Gasteiger partial charge on any atom is 0.256 e. The Morgan fingerprint density at radius 1 is 1.05 bits per heavy atom. The molecule has 2 aliphatic rings. The number of rotatable bonds is 5. The number of amides is 1. The molecule has 1 aromatic heterocycles. The van der Waals surface area contributed by atoms with Crippen molar-refractivity contribution in [2.24, 2.45) is 0 Å². The number of aliphatic hydroxyl groups excluding tert-OH is 1. The van der Waals surface area contributed by atoms with E-state index >= 15 is 0 Å². The van der Waals surface area contributed by atoms with E-state index < -0.39 is 12.0 Å². The quantitative estimate of drug-likeness (QED) is 0.412. The van der Waals surface area contributed by atoms with Crippen molar-refractivity contribution in [1.29, 1.82) is 0 Å². The van der Waals surface area contributed by atoms with Crippen LogP contribution < -0.4 is 5.56 Å². The number of halogens is 1. The van der Waals surface area contributed by atoms with Crippen LogP contribution in [0.3, 0.4) is 0 Å². The molecule has 1 aliphatic carbocycles. The largest absolute Gasteiger partial charge is 0.378 e. The third-order valence-corrected chi connectivity index (χ3v) is 7.72. The van der Waals surface area contributed by atoms with E-state index in [1.165, 1.54) is 17.0 Å². The number of aliphatic hydroxyl groups is 1. The van der Waals surface area contributed by atoms with Gasteiger partial charge in [-0.25, -0.2) is 9.37 Å². The molecule has 1 aliphatic heterocycles. The summed E-state index contributed by atoms with van der Waals surface area (Å²) in [6, 6.07) is 21.8. The molecule has 38 heavy (non-hydrogen) atoms. The molecule has 2 N–H and O–H groups in total. The molecule has 0 radical (unpaired) electrons. The van der Waals surface area contributed by atoms with E-state index in [1.807, 2.05) is 37.3 Å². The summed E-state index contributed by atoms with van der Waals surface area (Å²) in [4.78, 5) is 35.8. The highest BCUT2D eigenvalue weighted by molar-refractivity contribution is 5.83. The fourth-order valence-corrected chi connectivity index (χ4v) is 5.49. The zero-order valence-corrected chi connectivity index (χ0v) is 21.1. The second-order valence-corrected chi connectivity index (χ2v) is 10.3. The maximum absolute atomic E-state index is 13.9. The van der Waals surface area contributed by atoms with Gasteiger partial charge in [0.2, 0.25) is 0 Å². The van der Waals surface area contributed by atoms with Crippen LogP contribution in [0.5, 0.6) is 0 Å². The predicted molar refractivity (Wildman–Crippen MR) is 142 cm³/mol. The van der Waals surface area contributed by atoms with Crippen LogP contribution in [0.4, 0.5) is 4.39 Å². The Balaban J connectivity index is 1.23. The zero-order chi connectivity index (χ0) is 26.4. The summed E-state index contributed by atoms with van der Waals surface area (Å²) in [5.41, 5.74) is 4.44. The van der Waals surface area contributed by atoms with Crippen LogP contribution in [0, 0.1) is 12.7 Å². The van der Waals surface area contributed by atoms with Crippen molar-refractivity contribution < 1.29 is 14.3 Å². The smallest absolute Gasteiger partial charge is 0.256 e. The molecule has 1 unspecified atom stereocenters. The Bertz CT molecular complexity index is 1570. The predicted octanol–water partition coefficient (Wildman–Crippen LogP) is 4.58. The molecule has 0 spiro atoms. The first kappa shape index (κ1) is 24.2. The van der Waals surface area contributed by atoms with Gasteiger partial charge >= 0.3 is 0 Å². The minimum Gasteiger partial charge on any atom is -0.378 e. The van der Waals surface area contributed by atoms with Gasteiger partial charge in [0, 0.05) is 13.0 Å². The Morgan fingerprint density at radius 2 is 1.84 bits per heavy atom. The first-order valence-electron chi connectivity index (χ1n) is 12.9. The van der Waals surface area contributed by atoms with Crippen LogP contribution in [0.15, 0.2) is 77.6 Å². The van der Waals surface area contributed by atoms with E-state index in [-0.39, 0.29) is 23.3 Å². The van der Waals surface area contributed by atoms with Crippen molar-refractivity contribution in [2.75, 3.05) is 6.54 Å². The maximum atomic E-state index is 13.9. The number of carbonyl (C=O) groups excluding carboxylic acids is 1. The molecule has 192 valence electrons. The molecule has 0 saturated heterocycles. The second kappa shape index (κ2) is 9.33. The summed E-state index contributed by atoms with van der Waals surface area (Å²) in [7, 11) is 0. The number of fused-ring (bicyclic) bond motifs is 1. The number of aryl methyl sites for hydroxylation is 1. The number of carbonyl (C=O) groups is 1. The number of H-pyrrole nitrogens is 1. The lowest BCUT2D eigenvalue weighted by Crippen LogP contribution is -2.42. The van der Waals surface area contributed by atoms with Gasteiger partial charge in [0.25, 0.3) is 11.5 Å². The second-order valence-electron chi connectivity index (χ2n) is 10.3. The number of aromatic amines is 1. The van der Waals surface area contributed by atoms with E-state index in [0.717, 1.165) is 24.0 Å². The van der Waals surface area contributed by atoms with E-state index in [4.69, 9.17) is 4.98 Å². The number of hydrogen-bond acceptors (Lipinski definition) is 4. The van der Waals surface area contributed by atoms with Gasteiger partial charge in [0.05, 0.1) is 23.2 Å². The average Bonchev–Trinajstić information content (AvgIpc) is 3.74. The summed E-state index contributed by atoms with van der Waals surface area (Å²) in [6.07, 6.45) is 0.913. The highest BCUT2D eigenvalue weighted by atomic mass is 19.1. The molecule has 3 aromatic carbocycles. The first-order valence-corrected chi connectivity index (χ1v) is 12.9. The summed E-state index contributed by atoms with van der Waals surface area (Å²) >= 11 is 0. The molecule has 0 bridgehead atoms. The van der Waals surface area contributed by atoms with Crippen molar-refractivity contribution in [3.63, 3.8) is 0 Å². The zero-order valence-electron chi connectivity index (χ0n) is 21.1. The summed E-state index contributed by atoms with van der Waals surface area (Å²) in [5.74, 6) is -0.126. The van der Waals surface area contributed by atoms with Gasteiger partial charge < -0.3 is 15.0 Å². The van der Waals surface area contributed by atoms with Crippen LogP contribution in [-0.4, -0.2) is 32.4 Å². The highest BCUT2D eigenvalue weighted by Gasteiger charge is 2.48. The van der Waals surface area contributed by atoms with Gasteiger partial charge in [-0.05, 0) is 65.8 Å². The molecule has 2 heterocycles. The van der Waals surface area contributed by atoms with Crippen molar-refractivity contribution >= 4 is 5.91 Å². The monoisotopic (exact) mass is 509 g/mol. The van der Waals surface area contributed by atoms with Gasteiger partial charge in [-0.2, -0.15) is 0 Å². The molecular formula is C31H28FN3O3. The minimum atomic E-state index is -1.40. The van der Waals surface area contributed by atoms with E-state index in [0.29, 0.717) is 46.7 Å². The molecule has 7 heteroatoms. The van der Waals surface area contributed by atoms with Crippen molar-refractivity contribution in [3.05, 3.63) is 123 Å². The van der Waals surface area contributed by atoms with Gasteiger partial charge in [0.1, 0.15) is 11.6 Å².